The topological polar surface area (TPSA) is 12.9 Å². The summed E-state index contributed by atoms with van der Waals surface area (Å²) in [7, 11) is 0. The molecular weight excluding hydrogens is 278 g/mol. The molecule has 0 unspecified atom stereocenters. The minimum Gasteiger partial charge on any atom is -0.248 e. The van der Waals surface area contributed by atoms with E-state index in [-0.39, 0.29) is 0 Å². The Labute approximate surface area is 136 Å². The predicted octanol–water partition coefficient (Wildman–Crippen LogP) is 6.01. The second kappa shape index (κ2) is 5.85. The maximum absolute atomic E-state index is 4.84. The molecule has 4 rings (SSSR count). The first-order valence-corrected chi connectivity index (χ1v) is 8.24. The lowest BCUT2D eigenvalue weighted by molar-refractivity contribution is 0.924. The Morgan fingerprint density at radius 1 is 0.696 bits per heavy atom. The Balaban J connectivity index is 2.16. The molecule has 112 valence electrons. The van der Waals surface area contributed by atoms with Gasteiger partial charge < -0.3 is 0 Å². The van der Waals surface area contributed by atoms with E-state index in [4.69, 9.17) is 4.98 Å². The van der Waals surface area contributed by atoms with Gasteiger partial charge in [-0.25, -0.2) is 4.98 Å². The van der Waals surface area contributed by atoms with Gasteiger partial charge in [0.1, 0.15) is 0 Å². The lowest BCUT2D eigenvalue weighted by Gasteiger charge is -2.14. The van der Waals surface area contributed by atoms with E-state index < -0.39 is 0 Å². The summed E-state index contributed by atoms with van der Waals surface area (Å²) < 4.78 is 0. The van der Waals surface area contributed by atoms with Crippen LogP contribution in [0.25, 0.3) is 32.9 Å². The van der Waals surface area contributed by atoms with E-state index in [0.29, 0.717) is 0 Å². The van der Waals surface area contributed by atoms with Crippen molar-refractivity contribution < 1.29 is 0 Å². The van der Waals surface area contributed by atoms with Gasteiger partial charge in [0, 0.05) is 16.3 Å². The molecular formula is C22H19N. The Bertz CT molecular complexity index is 931. The minimum atomic E-state index is 1.06. The highest BCUT2D eigenvalue weighted by atomic mass is 14.7. The summed E-state index contributed by atoms with van der Waals surface area (Å²) in [6.45, 7) is 2.24. The summed E-state index contributed by atoms with van der Waals surface area (Å²) >= 11 is 0. The third-order valence-corrected chi connectivity index (χ3v) is 4.39. The molecule has 1 nitrogen and oxygen atoms in total. The van der Waals surface area contributed by atoms with Crippen LogP contribution in [0.15, 0.2) is 72.8 Å². The Kier molecular flexibility index (Phi) is 3.55. The maximum atomic E-state index is 4.84. The summed E-state index contributed by atoms with van der Waals surface area (Å²) in [6, 6.07) is 25.7. The zero-order chi connectivity index (χ0) is 15.6. The predicted molar refractivity (Wildman–Crippen MR) is 98.7 cm³/mol. The van der Waals surface area contributed by atoms with Crippen molar-refractivity contribution in [3.63, 3.8) is 0 Å². The highest BCUT2D eigenvalue weighted by Crippen LogP contribution is 2.36. The zero-order valence-corrected chi connectivity index (χ0v) is 13.3. The van der Waals surface area contributed by atoms with Gasteiger partial charge in [-0.15, -0.1) is 0 Å². The van der Waals surface area contributed by atoms with Crippen LogP contribution < -0.4 is 0 Å². The Morgan fingerprint density at radius 2 is 1.26 bits per heavy atom. The first-order valence-electron chi connectivity index (χ1n) is 8.24. The second-order valence-corrected chi connectivity index (χ2v) is 5.93. The number of hydrogen-bond acceptors (Lipinski definition) is 1. The smallest absolute Gasteiger partial charge is 0.0715 e. The molecule has 1 heterocycles. The van der Waals surface area contributed by atoms with Crippen LogP contribution >= 0.6 is 0 Å². The van der Waals surface area contributed by atoms with Gasteiger partial charge in [-0.1, -0.05) is 74.0 Å². The van der Waals surface area contributed by atoms with Gasteiger partial charge in [-0.05, 0) is 29.7 Å². The van der Waals surface area contributed by atoms with Crippen molar-refractivity contribution in [1.82, 2.24) is 4.98 Å². The highest BCUT2D eigenvalue weighted by Gasteiger charge is 2.13. The molecule has 4 aromatic rings. The third kappa shape index (κ3) is 2.39. The fourth-order valence-electron chi connectivity index (χ4n) is 3.38. The molecule has 1 heteroatoms. The lowest BCUT2D eigenvalue weighted by Crippen LogP contribution is -1.93. The van der Waals surface area contributed by atoms with Crippen molar-refractivity contribution in [3.05, 3.63) is 78.4 Å². The standard InChI is InChI=1S/C22H19N/c1-2-9-16-10-3-4-11-17(16)22-18-12-5-7-14-20(18)23-21-15-8-6-13-19(21)22/h3-8,10-15H,2,9H2,1H3. The van der Waals surface area contributed by atoms with Crippen LogP contribution in [0.2, 0.25) is 0 Å². The molecule has 0 amide bonds. The van der Waals surface area contributed by atoms with E-state index in [1.54, 1.807) is 0 Å². The monoisotopic (exact) mass is 297 g/mol. The molecule has 0 radical (unpaired) electrons. The van der Waals surface area contributed by atoms with E-state index in [0.717, 1.165) is 23.9 Å². The summed E-state index contributed by atoms with van der Waals surface area (Å²) in [4.78, 5) is 4.84. The number of aryl methyl sites for hydroxylation is 1. The van der Waals surface area contributed by atoms with Crippen LogP contribution in [0.1, 0.15) is 18.9 Å². The molecule has 0 aliphatic heterocycles. The number of para-hydroxylation sites is 2. The van der Waals surface area contributed by atoms with Crippen molar-refractivity contribution >= 4 is 21.8 Å². The molecule has 1 aromatic heterocycles. The van der Waals surface area contributed by atoms with Gasteiger partial charge >= 0.3 is 0 Å². The molecule has 0 aliphatic carbocycles. The van der Waals surface area contributed by atoms with Gasteiger partial charge in [0.15, 0.2) is 0 Å². The van der Waals surface area contributed by atoms with Gasteiger partial charge in [-0.2, -0.15) is 0 Å². The molecule has 0 saturated carbocycles. The summed E-state index contributed by atoms with van der Waals surface area (Å²) in [5.74, 6) is 0. The minimum absolute atomic E-state index is 1.06. The first-order chi connectivity index (χ1) is 11.4. The SMILES string of the molecule is CCCc1ccccc1-c1c2ccccc2nc2ccccc12. The van der Waals surface area contributed by atoms with E-state index in [1.807, 2.05) is 0 Å². The average molecular weight is 297 g/mol. The van der Waals surface area contributed by atoms with E-state index in [9.17, 15) is 0 Å². The molecule has 0 atom stereocenters. The number of nitrogens with zero attached hydrogens (tertiary/aromatic N) is 1. The van der Waals surface area contributed by atoms with Crippen LogP contribution in [0, 0.1) is 0 Å². The molecule has 0 saturated heterocycles. The molecule has 0 aliphatic rings. The summed E-state index contributed by atoms with van der Waals surface area (Å²) in [5.41, 5.74) is 6.19. The molecule has 23 heavy (non-hydrogen) atoms. The quantitative estimate of drug-likeness (QED) is 0.422. The maximum Gasteiger partial charge on any atom is 0.0715 e. The molecule has 0 spiro atoms. The van der Waals surface area contributed by atoms with Crippen molar-refractivity contribution in [2.45, 2.75) is 19.8 Å². The van der Waals surface area contributed by atoms with Gasteiger partial charge in [0.05, 0.1) is 11.0 Å². The van der Waals surface area contributed by atoms with Crippen molar-refractivity contribution in [2.24, 2.45) is 0 Å². The largest absolute Gasteiger partial charge is 0.248 e. The Morgan fingerprint density at radius 3 is 1.91 bits per heavy atom. The van der Waals surface area contributed by atoms with Gasteiger partial charge in [0.25, 0.3) is 0 Å². The average Bonchev–Trinajstić information content (AvgIpc) is 2.61. The Hall–Kier alpha value is -2.67. The molecule has 3 aromatic carbocycles. The molecule has 0 bridgehead atoms. The van der Waals surface area contributed by atoms with Gasteiger partial charge in [0.2, 0.25) is 0 Å². The van der Waals surface area contributed by atoms with Crippen LogP contribution in [0.4, 0.5) is 0 Å². The number of aromatic nitrogens is 1. The second-order valence-electron chi connectivity index (χ2n) is 5.93. The fourth-order valence-corrected chi connectivity index (χ4v) is 3.38. The van der Waals surface area contributed by atoms with Gasteiger partial charge in [-0.3, -0.25) is 0 Å². The number of rotatable bonds is 3. The van der Waals surface area contributed by atoms with E-state index >= 15 is 0 Å². The molecule has 0 N–H and O–H groups in total. The highest BCUT2D eigenvalue weighted by molar-refractivity contribution is 6.09. The van der Waals surface area contributed by atoms with E-state index in [2.05, 4.69) is 79.7 Å². The third-order valence-electron chi connectivity index (χ3n) is 4.39. The summed E-state index contributed by atoms with van der Waals surface area (Å²) in [6.07, 6.45) is 2.25. The zero-order valence-electron chi connectivity index (χ0n) is 13.3. The normalized spacial score (nSPS) is 11.2. The molecule has 0 fully saturated rings. The number of pyridine rings is 1. The summed E-state index contributed by atoms with van der Waals surface area (Å²) in [5, 5.41) is 2.46. The first kappa shape index (κ1) is 14.0. The number of fused-ring (bicyclic) bond motifs is 2. The lowest BCUT2D eigenvalue weighted by atomic mass is 9.91. The number of hydrogen-bond donors (Lipinski definition) is 0. The van der Waals surface area contributed by atoms with Crippen LogP contribution in [0.5, 0.6) is 0 Å². The van der Waals surface area contributed by atoms with Crippen molar-refractivity contribution in [2.75, 3.05) is 0 Å². The van der Waals surface area contributed by atoms with E-state index in [1.165, 1.54) is 27.5 Å². The number of benzene rings is 3. The van der Waals surface area contributed by atoms with Crippen molar-refractivity contribution in [3.8, 4) is 11.1 Å². The van der Waals surface area contributed by atoms with Crippen LogP contribution in [0.3, 0.4) is 0 Å². The van der Waals surface area contributed by atoms with Crippen LogP contribution in [-0.4, -0.2) is 4.98 Å². The fraction of sp³-hybridized carbons (Fsp3) is 0.136. The van der Waals surface area contributed by atoms with Crippen LogP contribution in [-0.2, 0) is 6.42 Å². The van der Waals surface area contributed by atoms with Crippen molar-refractivity contribution in [1.29, 1.82) is 0 Å².